The molecule has 0 amide bonds. The lowest BCUT2D eigenvalue weighted by Crippen LogP contribution is -2.11. The first-order valence-corrected chi connectivity index (χ1v) is 4.85. The van der Waals surface area contributed by atoms with Gasteiger partial charge in [-0.2, -0.15) is 0 Å². The molecule has 0 aliphatic heterocycles. The van der Waals surface area contributed by atoms with Gasteiger partial charge in [0, 0.05) is 5.70 Å². The Labute approximate surface area is 89.5 Å². The highest BCUT2D eigenvalue weighted by molar-refractivity contribution is 5.96. The molecule has 0 aliphatic carbocycles. The number of carbonyl (C=O) groups is 1. The number of hydrogen-bond donors (Lipinski definition) is 1. The van der Waals surface area contributed by atoms with E-state index in [0.29, 0.717) is 17.9 Å². The zero-order valence-electron chi connectivity index (χ0n) is 8.99. The van der Waals surface area contributed by atoms with Gasteiger partial charge >= 0.3 is 5.97 Å². The Morgan fingerprint density at radius 3 is 2.47 bits per heavy atom. The van der Waals surface area contributed by atoms with Gasteiger partial charge in [-0.05, 0) is 19.4 Å². The molecule has 1 aromatic rings. The van der Waals surface area contributed by atoms with Crippen LogP contribution >= 0.6 is 0 Å². The Kier molecular flexibility index (Phi) is 3.92. The third-order valence-corrected chi connectivity index (χ3v) is 2.07. The van der Waals surface area contributed by atoms with Crippen LogP contribution in [0, 0.1) is 0 Å². The van der Waals surface area contributed by atoms with Crippen LogP contribution in [0.2, 0.25) is 0 Å². The summed E-state index contributed by atoms with van der Waals surface area (Å²) in [7, 11) is 0. The average Bonchev–Trinajstić information content (AvgIpc) is 2.28. The molecule has 0 unspecified atom stereocenters. The third kappa shape index (κ3) is 2.84. The predicted octanol–water partition coefficient (Wildman–Crippen LogP) is 1.94. The van der Waals surface area contributed by atoms with Gasteiger partial charge in [-0.3, -0.25) is 0 Å². The van der Waals surface area contributed by atoms with E-state index in [1.54, 1.807) is 13.8 Å². The summed E-state index contributed by atoms with van der Waals surface area (Å²) in [5.74, 6) is -0.362. The summed E-state index contributed by atoms with van der Waals surface area (Å²) in [5, 5.41) is 0. The van der Waals surface area contributed by atoms with Crippen LogP contribution in [0.3, 0.4) is 0 Å². The van der Waals surface area contributed by atoms with Gasteiger partial charge < -0.3 is 10.5 Å². The molecule has 80 valence electrons. The Bertz CT molecular complexity index is 368. The number of ether oxygens (including phenoxy) is 1. The lowest BCUT2D eigenvalue weighted by Gasteiger charge is -2.06. The minimum absolute atomic E-state index is 0.359. The van der Waals surface area contributed by atoms with Crippen LogP contribution in [0.15, 0.2) is 35.9 Å². The van der Waals surface area contributed by atoms with Crippen molar-refractivity contribution in [2.24, 2.45) is 5.73 Å². The minimum Gasteiger partial charge on any atom is -0.463 e. The minimum atomic E-state index is -0.362. The van der Waals surface area contributed by atoms with E-state index >= 15 is 0 Å². The van der Waals surface area contributed by atoms with E-state index in [0.717, 1.165) is 5.56 Å². The second-order valence-corrected chi connectivity index (χ2v) is 3.13. The average molecular weight is 205 g/mol. The van der Waals surface area contributed by atoms with Crippen molar-refractivity contribution in [3.05, 3.63) is 41.5 Å². The van der Waals surface area contributed by atoms with Crippen LogP contribution < -0.4 is 5.73 Å². The van der Waals surface area contributed by atoms with Crippen LogP contribution in [0.4, 0.5) is 0 Å². The molecule has 0 saturated heterocycles. The zero-order valence-corrected chi connectivity index (χ0v) is 8.99. The number of hydrogen-bond acceptors (Lipinski definition) is 3. The van der Waals surface area contributed by atoms with Crippen LogP contribution in [0.1, 0.15) is 19.4 Å². The number of carbonyl (C=O) groups excluding carboxylic acids is 1. The lowest BCUT2D eigenvalue weighted by atomic mass is 10.1. The van der Waals surface area contributed by atoms with Crippen LogP contribution in [-0.2, 0) is 9.53 Å². The number of benzene rings is 1. The molecule has 15 heavy (non-hydrogen) atoms. The molecule has 0 saturated carbocycles. The quantitative estimate of drug-likeness (QED) is 0.606. The molecular formula is C12H15NO2. The van der Waals surface area contributed by atoms with E-state index in [2.05, 4.69) is 0 Å². The SMILES string of the molecule is CCOC(=O)/C(C)=C(\N)c1ccccc1. The summed E-state index contributed by atoms with van der Waals surface area (Å²) in [4.78, 5) is 11.4. The first-order valence-electron chi connectivity index (χ1n) is 4.85. The number of nitrogens with two attached hydrogens (primary N) is 1. The van der Waals surface area contributed by atoms with E-state index in [1.165, 1.54) is 0 Å². The molecule has 2 N–H and O–H groups in total. The van der Waals surface area contributed by atoms with Gasteiger partial charge in [0.05, 0.1) is 12.2 Å². The third-order valence-electron chi connectivity index (χ3n) is 2.07. The summed E-state index contributed by atoms with van der Waals surface area (Å²) < 4.78 is 4.87. The Morgan fingerprint density at radius 1 is 1.33 bits per heavy atom. The largest absolute Gasteiger partial charge is 0.463 e. The molecule has 0 fully saturated rings. The molecule has 0 spiro atoms. The normalized spacial score (nSPS) is 11.9. The number of esters is 1. The van der Waals surface area contributed by atoms with E-state index in [1.807, 2.05) is 30.3 Å². The van der Waals surface area contributed by atoms with Gasteiger partial charge in [-0.25, -0.2) is 4.79 Å². The Morgan fingerprint density at radius 2 is 1.93 bits per heavy atom. The van der Waals surface area contributed by atoms with Crippen LogP contribution in [-0.4, -0.2) is 12.6 Å². The van der Waals surface area contributed by atoms with Gasteiger partial charge in [0.2, 0.25) is 0 Å². The van der Waals surface area contributed by atoms with E-state index < -0.39 is 0 Å². The molecule has 0 aliphatic rings. The predicted molar refractivity (Wildman–Crippen MR) is 59.9 cm³/mol. The Hall–Kier alpha value is -1.77. The van der Waals surface area contributed by atoms with Crippen molar-refractivity contribution in [2.75, 3.05) is 6.61 Å². The fraction of sp³-hybridized carbons (Fsp3) is 0.250. The van der Waals surface area contributed by atoms with Gasteiger partial charge in [-0.1, -0.05) is 30.3 Å². The molecular weight excluding hydrogens is 190 g/mol. The standard InChI is InChI=1S/C12H15NO2/c1-3-15-12(14)9(2)11(13)10-7-5-4-6-8-10/h4-8H,3,13H2,1-2H3/b11-9-. The highest BCUT2D eigenvalue weighted by Crippen LogP contribution is 2.13. The molecule has 1 aromatic carbocycles. The van der Waals surface area contributed by atoms with Crippen molar-refractivity contribution in [3.63, 3.8) is 0 Å². The second kappa shape index (κ2) is 5.20. The van der Waals surface area contributed by atoms with E-state index in [-0.39, 0.29) is 5.97 Å². The van der Waals surface area contributed by atoms with Gasteiger partial charge in [0.15, 0.2) is 0 Å². The summed E-state index contributed by atoms with van der Waals surface area (Å²) >= 11 is 0. The fourth-order valence-electron chi connectivity index (χ4n) is 1.18. The molecule has 1 rings (SSSR count). The lowest BCUT2D eigenvalue weighted by molar-refractivity contribution is -0.138. The smallest absolute Gasteiger partial charge is 0.335 e. The van der Waals surface area contributed by atoms with Gasteiger partial charge in [0.1, 0.15) is 0 Å². The summed E-state index contributed by atoms with van der Waals surface area (Å²) in [5.41, 5.74) is 7.60. The van der Waals surface area contributed by atoms with Crippen molar-refractivity contribution in [1.82, 2.24) is 0 Å². The maximum Gasteiger partial charge on any atom is 0.335 e. The Balaban J connectivity index is 2.95. The van der Waals surface area contributed by atoms with E-state index in [4.69, 9.17) is 10.5 Å². The highest BCUT2D eigenvalue weighted by atomic mass is 16.5. The summed E-state index contributed by atoms with van der Waals surface area (Å²) in [6.45, 7) is 3.79. The summed E-state index contributed by atoms with van der Waals surface area (Å²) in [6.07, 6.45) is 0. The zero-order chi connectivity index (χ0) is 11.3. The first-order chi connectivity index (χ1) is 7.16. The molecule has 0 aromatic heterocycles. The topological polar surface area (TPSA) is 52.3 Å². The molecule has 0 radical (unpaired) electrons. The van der Waals surface area contributed by atoms with Gasteiger partial charge in [-0.15, -0.1) is 0 Å². The number of rotatable bonds is 3. The first kappa shape index (κ1) is 11.3. The van der Waals surface area contributed by atoms with Gasteiger partial charge in [0.25, 0.3) is 0 Å². The maximum atomic E-state index is 11.4. The molecule has 0 bridgehead atoms. The van der Waals surface area contributed by atoms with Crippen molar-refractivity contribution >= 4 is 11.7 Å². The summed E-state index contributed by atoms with van der Waals surface area (Å²) in [6, 6.07) is 9.37. The molecule has 3 nitrogen and oxygen atoms in total. The van der Waals surface area contributed by atoms with Crippen molar-refractivity contribution in [1.29, 1.82) is 0 Å². The van der Waals surface area contributed by atoms with Crippen molar-refractivity contribution < 1.29 is 9.53 Å². The molecule has 0 heterocycles. The molecule has 0 atom stereocenters. The van der Waals surface area contributed by atoms with Crippen LogP contribution in [0.25, 0.3) is 5.70 Å². The maximum absolute atomic E-state index is 11.4. The second-order valence-electron chi connectivity index (χ2n) is 3.13. The van der Waals surface area contributed by atoms with Crippen molar-refractivity contribution in [2.45, 2.75) is 13.8 Å². The van der Waals surface area contributed by atoms with E-state index in [9.17, 15) is 4.79 Å². The molecule has 3 heteroatoms. The fourth-order valence-corrected chi connectivity index (χ4v) is 1.18. The van der Waals surface area contributed by atoms with Crippen LogP contribution in [0.5, 0.6) is 0 Å². The van der Waals surface area contributed by atoms with Crippen molar-refractivity contribution in [3.8, 4) is 0 Å². The highest BCUT2D eigenvalue weighted by Gasteiger charge is 2.10. The monoisotopic (exact) mass is 205 g/mol.